The van der Waals surface area contributed by atoms with Crippen molar-refractivity contribution in [3.05, 3.63) is 83.9 Å². The lowest BCUT2D eigenvalue weighted by Gasteiger charge is -2.14. The minimum atomic E-state index is -3.95. The first kappa shape index (κ1) is 23.8. The molecule has 0 heterocycles. The first-order chi connectivity index (χ1) is 15.8. The predicted octanol–water partition coefficient (Wildman–Crippen LogP) is 3.10. The van der Waals surface area contributed by atoms with Crippen molar-refractivity contribution in [2.75, 3.05) is 23.7 Å². The summed E-state index contributed by atoms with van der Waals surface area (Å²) in [7, 11) is -2.49. The van der Waals surface area contributed by atoms with Crippen LogP contribution in [0.25, 0.3) is 0 Å². The van der Waals surface area contributed by atoms with Gasteiger partial charge in [-0.05, 0) is 42.3 Å². The fraction of sp³-hybridized carbons (Fsp3) is 0.167. The number of amides is 2. The van der Waals surface area contributed by atoms with Gasteiger partial charge in [-0.2, -0.15) is 0 Å². The number of para-hydroxylation sites is 2. The number of aryl methyl sites for hydroxylation is 1. The summed E-state index contributed by atoms with van der Waals surface area (Å²) in [5.74, 6) is -0.375. The number of rotatable bonds is 9. The van der Waals surface area contributed by atoms with Crippen LogP contribution < -0.4 is 20.1 Å². The molecule has 3 aromatic carbocycles. The first-order valence-corrected chi connectivity index (χ1v) is 11.6. The highest BCUT2D eigenvalue weighted by atomic mass is 32.2. The summed E-state index contributed by atoms with van der Waals surface area (Å²) in [4.78, 5) is 24.3. The summed E-state index contributed by atoms with van der Waals surface area (Å²) in [6.45, 7) is 1.42. The maximum absolute atomic E-state index is 13.0. The van der Waals surface area contributed by atoms with Crippen molar-refractivity contribution in [1.82, 2.24) is 5.32 Å². The molecular formula is C24H25N3O5S. The number of nitrogens with one attached hydrogen (secondary N) is 3. The lowest BCUT2D eigenvalue weighted by molar-refractivity contribution is -0.123. The molecule has 0 atom stereocenters. The standard InChI is InChI=1S/C24H25N3O5S/c1-17-12-13-19(26-24(29)16-25-23(28)14-18-8-4-3-5-9-18)15-22(17)33(30,31)27-20-10-6-7-11-21(20)32-2/h3-13,15,27H,14,16H2,1-2H3,(H,25,28)(H,26,29). The molecule has 0 spiro atoms. The van der Waals surface area contributed by atoms with Gasteiger partial charge in [-0.25, -0.2) is 8.42 Å². The van der Waals surface area contributed by atoms with Gasteiger partial charge in [0, 0.05) is 5.69 Å². The Morgan fingerprint density at radius 3 is 2.33 bits per heavy atom. The van der Waals surface area contributed by atoms with Gasteiger partial charge in [-0.3, -0.25) is 14.3 Å². The normalized spacial score (nSPS) is 10.8. The Balaban J connectivity index is 1.65. The average Bonchev–Trinajstić information content (AvgIpc) is 2.79. The van der Waals surface area contributed by atoms with E-state index in [9.17, 15) is 18.0 Å². The molecule has 0 fully saturated rings. The number of hydrogen-bond acceptors (Lipinski definition) is 5. The van der Waals surface area contributed by atoms with E-state index < -0.39 is 15.9 Å². The zero-order valence-corrected chi connectivity index (χ0v) is 19.1. The minimum Gasteiger partial charge on any atom is -0.495 e. The zero-order valence-electron chi connectivity index (χ0n) is 18.3. The Kier molecular flexibility index (Phi) is 7.68. The topological polar surface area (TPSA) is 114 Å². The van der Waals surface area contributed by atoms with Crippen LogP contribution in [-0.4, -0.2) is 33.9 Å². The molecule has 3 N–H and O–H groups in total. The molecule has 0 bridgehead atoms. The number of benzene rings is 3. The molecule has 9 heteroatoms. The fourth-order valence-electron chi connectivity index (χ4n) is 3.12. The Labute approximate surface area is 193 Å². The van der Waals surface area contributed by atoms with E-state index >= 15 is 0 Å². The van der Waals surface area contributed by atoms with Gasteiger partial charge in [0.1, 0.15) is 5.75 Å². The molecular weight excluding hydrogens is 442 g/mol. The number of methoxy groups -OCH3 is 1. The molecule has 0 saturated heterocycles. The summed E-state index contributed by atoms with van der Waals surface area (Å²) in [6.07, 6.45) is 0.162. The highest BCUT2D eigenvalue weighted by Gasteiger charge is 2.20. The molecule has 0 saturated carbocycles. The number of anilines is 2. The van der Waals surface area contributed by atoms with Gasteiger partial charge < -0.3 is 15.4 Å². The van der Waals surface area contributed by atoms with Crippen LogP contribution in [0, 0.1) is 6.92 Å². The summed E-state index contributed by atoms with van der Waals surface area (Å²) >= 11 is 0. The molecule has 172 valence electrons. The van der Waals surface area contributed by atoms with Gasteiger partial charge in [-0.1, -0.05) is 48.5 Å². The van der Waals surface area contributed by atoms with Crippen LogP contribution in [0.4, 0.5) is 11.4 Å². The van der Waals surface area contributed by atoms with E-state index in [1.165, 1.54) is 13.2 Å². The second-order valence-corrected chi connectivity index (χ2v) is 8.92. The maximum Gasteiger partial charge on any atom is 0.262 e. The summed E-state index contributed by atoms with van der Waals surface area (Å²) < 4.78 is 33.7. The average molecular weight is 468 g/mol. The first-order valence-electron chi connectivity index (χ1n) is 10.2. The van der Waals surface area contributed by atoms with E-state index in [0.29, 0.717) is 22.7 Å². The Morgan fingerprint density at radius 1 is 0.909 bits per heavy atom. The molecule has 3 rings (SSSR count). The molecule has 0 unspecified atom stereocenters. The smallest absolute Gasteiger partial charge is 0.262 e. The van der Waals surface area contributed by atoms with Crippen molar-refractivity contribution in [1.29, 1.82) is 0 Å². The van der Waals surface area contributed by atoms with Crippen LogP contribution in [-0.2, 0) is 26.0 Å². The van der Waals surface area contributed by atoms with Gasteiger partial charge in [0.25, 0.3) is 10.0 Å². The van der Waals surface area contributed by atoms with E-state index in [2.05, 4.69) is 15.4 Å². The van der Waals surface area contributed by atoms with Crippen LogP contribution in [0.1, 0.15) is 11.1 Å². The second-order valence-electron chi connectivity index (χ2n) is 7.27. The zero-order chi connectivity index (χ0) is 23.8. The SMILES string of the molecule is COc1ccccc1NS(=O)(=O)c1cc(NC(=O)CNC(=O)Cc2ccccc2)ccc1C. The number of sulfonamides is 1. The largest absolute Gasteiger partial charge is 0.495 e. The quantitative estimate of drug-likeness (QED) is 0.448. The predicted molar refractivity (Wildman–Crippen MR) is 127 cm³/mol. The van der Waals surface area contributed by atoms with Gasteiger partial charge >= 0.3 is 0 Å². The molecule has 0 aromatic heterocycles. The molecule has 0 radical (unpaired) electrons. The molecule has 0 aliphatic rings. The monoisotopic (exact) mass is 467 g/mol. The third-order valence-corrected chi connectivity index (χ3v) is 6.27. The van der Waals surface area contributed by atoms with Crippen molar-refractivity contribution < 1.29 is 22.7 Å². The second kappa shape index (κ2) is 10.6. The Bertz CT molecular complexity index is 1240. The molecule has 0 aliphatic carbocycles. The van der Waals surface area contributed by atoms with Gasteiger partial charge in [-0.15, -0.1) is 0 Å². The van der Waals surface area contributed by atoms with Gasteiger partial charge in [0.2, 0.25) is 11.8 Å². The van der Waals surface area contributed by atoms with Crippen LogP contribution >= 0.6 is 0 Å². The van der Waals surface area contributed by atoms with E-state index in [-0.39, 0.29) is 23.8 Å². The molecule has 0 aliphatic heterocycles. The summed E-state index contributed by atoms with van der Waals surface area (Å²) in [5, 5.41) is 5.17. The summed E-state index contributed by atoms with van der Waals surface area (Å²) in [6, 6.07) is 20.4. The highest BCUT2D eigenvalue weighted by molar-refractivity contribution is 7.92. The van der Waals surface area contributed by atoms with E-state index in [4.69, 9.17) is 4.74 Å². The van der Waals surface area contributed by atoms with Gasteiger partial charge in [0.05, 0.1) is 30.7 Å². The number of ether oxygens (including phenoxy) is 1. The molecule has 8 nitrogen and oxygen atoms in total. The van der Waals surface area contributed by atoms with Crippen LogP contribution in [0.15, 0.2) is 77.7 Å². The molecule has 3 aromatic rings. The third kappa shape index (κ3) is 6.56. The maximum atomic E-state index is 13.0. The minimum absolute atomic E-state index is 0.0133. The van der Waals surface area contributed by atoms with Crippen LogP contribution in [0.2, 0.25) is 0 Å². The third-order valence-electron chi connectivity index (χ3n) is 4.77. The lowest BCUT2D eigenvalue weighted by Crippen LogP contribution is -2.33. The molecule has 33 heavy (non-hydrogen) atoms. The number of hydrogen-bond donors (Lipinski definition) is 3. The number of carbonyl (C=O) groups is 2. The van der Waals surface area contributed by atoms with Crippen molar-refractivity contribution in [2.24, 2.45) is 0 Å². The Morgan fingerprint density at radius 2 is 1.61 bits per heavy atom. The number of carbonyl (C=O) groups excluding carboxylic acids is 2. The highest BCUT2D eigenvalue weighted by Crippen LogP contribution is 2.28. The molecule has 2 amide bonds. The van der Waals surface area contributed by atoms with Crippen molar-refractivity contribution in [2.45, 2.75) is 18.2 Å². The van der Waals surface area contributed by atoms with Crippen LogP contribution in [0.5, 0.6) is 5.75 Å². The van der Waals surface area contributed by atoms with E-state index in [0.717, 1.165) is 5.56 Å². The van der Waals surface area contributed by atoms with Crippen molar-refractivity contribution in [3.63, 3.8) is 0 Å². The van der Waals surface area contributed by atoms with E-state index in [1.807, 2.05) is 30.3 Å². The van der Waals surface area contributed by atoms with Crippen molar-refractivity contribution in [3.8, 4) is 5.75 Å². The van der Waals surface area contributed by atoms with E-state index in [1.54, 1.807) is 43.3 Å². The van der Waals surface area contributed by atoms with Gasteiger partial charge in [0.15, 0.2) is 0 Å². The summed E-state index contributed by atoms with van der Waals surface area (Å²) in [5.41, 5.74) is 1.94. The van der Waals surface area contributed by atoms with Crippen LogP contribution in [0.3, 0.4) is 0 Å². The van der Waals surface area contributed by atoms with Crippen molar-refractivity contribution >= 4 is 33.2 Å². The lowest BCUT2D eigenvalue weighted by atomic mass is 10.1. The fourth-order valence-corrected chi connectivity index (χ4v) is 4.47. The Hall–Kier alpha value is -3.85.